The van der Waals surface area contributed by atoms with Crippen molar-refractivity contribution < 1.29 is 9.84 Å². The second-order valence-electron chi connectivity index (χ2n) is 7.83. The Bertz CT molecular complexity index is 1250. The Morgan fingerprint density at radius 1 is 1.10 bits per heavy atom. The Labute approximate surface area is 178 Å². The number of fused-ring (bicyclic) bond motifs is 1. The number of aliphatic hydroxyl groups is 1. The molecule has 0 radical (unpaired) electrons. The fraction of sp³-hybridized carbons (Fsp3) is 0.318. The average Bonchev–Trinajstić information content (AvgIpc) is 3.41. The van der Waals surface area contributed by atoms with E-state index in [1.807, 2.05) is 42.5 Å². The van der Waals surface area contributed by atoms with E-state index in [-0.39, 0.29) is 5.95 Å². The van der Waals surface area contributed by atoms with Gasteiger partial charge < -0.3 is 15.6 Å². The molecular formula is C22H23N7O2. The van der Waals surface area contributed by atoms with Crippen LogP contribution >= 0.6 is 0 Å². The highest BCUT2D eigenvalue weighted by Crippen LogP contribution is 2.37. The predicted molar refractivity (Wildman–Crippen MR) is 115 cm³/mol. The fourth-order valence-electron chi connectivity index (χ4n) is 4.15. The Hall–Kier alpha value is -3.59. The molecule has 0 aliphatic heterocycles. The number of benzene rings is 1. The van der Waals surface area contributed by atoms with Gasteiger partial charge in [0.05, 0.1) is 25.0 Å². The molecule has 4 aromatic rings. The van der Waals surface area contributed by atoms with Crippen LogP contribution in [0.4, 0.5) is 5.95 Å². The van der Waals surface area contributed by atoms with Crippen molar-refractivity contribution in [2.24, 2.45) is 0 Å². The number of methoxy groups -OCH3 is 1. The molecule has 0 bridgehead atoms. The maximum Gasteiger partial charge on any atom is 0.222 e. The number of nitrogen functional groups attached to an aromatic ring is 1. The van der Waals surface area contributed by atoms with Crippen LogP contribution in [-0.2, 0) is 12.1 Å². The van der Waals surface area contributed by atoms with Crippen molar-refractivity contribution >= 4 is 17.1 Å². The summed E-state index contributed by atoms with van der Waals surface area (Å²) in [5.41, 5.74) is 9.12. The number of rotatable bonds is 5. The van der Waals surface area contributed by atoms with E-state index in [1.54, 1.807) is 11.8 Å². The normalized spacial score (nSPS) is 15.4. The maximum absolute atomic E-state index is 10.9. The van der Waals surface area contributed by atoms with Crippen LogP contribution in [0.2, 0.25) is 0 Å². The molecule has 31 heavy (non-hydrogen) atoms. The van der Waals surface area contributed by atoms with Crippen molar-refractivity contribution in [1.29, 1.82) is 0 Å². The van der Waals surface area contributed by atoms with Crippen LogP contribution in [0.5, 0.6) is 5.75 Å². The zero-order valence-electron chi connectivity index (χ0n) is 17.2. The molecule has 158 valence electrons. The molecule has 3 N–H and O–H groups in total. The zero-order valence-corrected chi connectivity index (χ0v) is 17.2. The summed E-state index contributed by atoms with van der Waals surface area (Å²) in [4.78, 5) is 13.5. The highest BCUT2D eigenvalue weighted by Gasteiger charge is 2.34. The number of pyridine rings is 1. The quantitative estimate of drug-likeness (QED) is 0.508. The van der Waals surface area contributed by atoms with Crippen molar-refractivity contribution in [2.45, 2.75) is 37.8 Å². The molecule has 1 fully saturated rings. The molecule has 1 aliphatic carbocycles. The predicted octanol–water partition coefficient (Wildman–Crippen LogP) is 2.68. The summed E-state index contributed by atoms with van der Waals surface area (Å²) in [5.74, 6) is 0.844. The number of hydrogen-bond donors (Lipinski definition) is 2. The number of hydrogen-bond acceptors (Lipinski definition) is 8. The first-order valence-corrected chi connectivity index (χ1v) is 10.3. The SMILES string of the molecule is COc1cccc(-c2nc(N)nc3c2nnn3Cc2cccc(C3(O)CCCC3)n2)c1. The number of nitrogens with two attached hydrogens (primary N) is 1. The van der Waals surface area contributed by atoms with Crippen molar-refractivity contribution in [3.8, 4) is 17.0 Å². The lowest BCUT2D eigenvalue weighted by Gasteiger charge is -2.21. The van der Waals surface area contributed by atoms with E-state index in [4.69, 9.17) is 15.5 Å². The Kier molecular flexibility index (Phi) is 4.74. The van der Waals surface area contributed by atoms with Crippen LogP contribution in [0.1, 0.15) is 37.1 Å². The van der Waals surface area contributed by atoms with Crippen molar-refractivity contribution in [3.05, 3.63) is 53.9 Å². The van der Waals surface area contributed by atoms with Crippen molar-refractivity contribution in [2.75, 3.05) is 12.8 Å². The van der Waals surface area contributed by atoms with E-state index in [1.165, 1.54) is 0 Å². The monoisotopic (exact) mass is 417 g/mol. The van der Waals surface area contributed by atoms with E-state index >= 15 is 0 Å². The number of anilines is 1. The van der Waals surface area contributed by atoms with Crippen LogP contribution in [-0.4, -0.2) is 42.2 Å². The standard InChI is InChI=1S/C22H23N7O2/c1-31-16-8-4-6-14(12-16)18-19-20(26-21(23)25-18)29(28-27-19)13-15-7-5-9-17(24-15)22(30)10-2-3-11-22/h4-9,12,30H,2-3,10-11,13H2,1H3,(H2,23,25,26). The lowest BCUT2D eigenvalue weighted by atomic mass is 9.97. The lowest BCUT2D eigenvalue weighted by Crippen LogP contribution is -2.23. The van der Waals surface area contributed by atoms with Gasteiger partial charge in [0, 0.05) is 5.56 Å². The van der Waals surface area contributed by atoms with Gasteiger partial charge in [0.2, 0.25) is 5.95 Å². The molecule has 0 saturated heterocycles. The molecule has 0 amide bonds. The molecule has 0 spiro atoms. The summed E-state index contributed by atoms with van der Waals surface area (Å²) < 4.78 is 6.97. The minimum atomic E-state index is -0.841. The molecule has 5 rings (SSSR count). The highest BCUT2D eigenvalue weighted by molar-refractivity contribution is 5.88. The molecule has 1 saturated carbocycles. The van der Waals surface area contributed by atoms with Gasteiger partial charge in [0.1, 0.15) is 17.0 Å². The average molecular weight is 417 g/mol. The molecule has 3 heterocycles. The number of nitrogens with zero attached hydrogens (tertiary/aromatic N) is 6. The van der Waals surface area contributed by atoms with Crippen LogP contribution in [0.15, 0.2) is 42.5 Å². The summed E-state index contributed by atoms with van der Waals surface area (Å²) in [5, 5.41) is 19.5. The maximum atomic E-state index is 10.9. The minimum Gasteiger partial charge on any atom is -0.497 e. The molecule has 0 atom stereocenters. The van der Waals surface area contributed by atoms with Crippen molar-refractivity contribution in [1.82, 2.24) is 29.9 Å². The van der Waals surface area contributed by atoms with Gasteiger partial charge in [0.25, 0.3) is 0 Å². The fourth-order valence-corrected chi connectivity index (χ4v) is 4.15. The summed E-state index contributed by atoms with van der Waals surface area (Å²) >= 11 is 0. The highest BCUT2D eigenvalue weighted by atomic mass is 16.5. The molecule has 1 aliphatic rings. The second kappa shape index (κ2) is 7.59. The Morgan fingerprint density at radius 2 is 1.90 bits per heavy atom. The van der Waals surface area contributed by atoms with Gasteiger partial charge in [-0.25, -0.2) is 9.67 Å². The van der Waals surface area contributed by atoms with Gasteiger partial charge in [-0.05, 0) is 37.1 Å². The summed E-state index contributed by atoms with van der Waals surface area (Å²) in [7, 11) is 1.61. The van der Waals surface area contributed by atoms with Gasteiger partial charge in [-0.3, -0.25) is 4.98 Å². The lowest BCUT2D eigenvalue weighted by molar-refractivity contribution is 0.0397. The zero-order chi connectivity index (χ0) is 21.4. The van der Waals surface area contributed by atoms with Gasteiger partial charge in [0.15, 0.2) is 11.2 Å². The van der Waals surface area contributed by atoms with E-state index in [2.05, 4.69) is 20.3 Å². The summed E-state index contributed by atoms with van der Waals surface area (Å²) in [6.45, 7) is 0.356. The Morgan fingerprint density at radius 3 is 2.71 bits per heavy atom. The molecule has 3 aromatic heterocycles. The summed E-state index contributed by atoms with van der Waals surface area (Å²) in [6, 6.07) is 13.2. The summed E-state index contributed by atoms with van der Waals surface area (Å²) in [6.07, 6.45) is 3.51. The van der Waals surface area contributed by atoms with E-state index in [0.29, 0.717) is 34.8 Å². The van der Waals surface area contributed by atoms with E-state index < -0.39 is 5.60 Å². The second-order valence-corrected chi connectivity index (χ2v) is 7.83. The topological polar surface area (TPSA) is 125 Å². The Balaban J connectivity index is 1.53. The third kappa shape index (κ3) is 3.57. The first kappa shape index (κ1) is 19.4. The minimum absolute atomic E-state index is 0.135. The third-order valence-electron chi connectivity index (χ3n) is 5.75. The third-order valence-corrected chi connectivity index (χ3v) is 5.75. The van der Waals surface area contributed by atoms with Gasteiger partial charge >= 0.3 is 0 Å². The van der Waals surface area contributed by atoms with Crippen LogP contribution in [0.25, 0.3) is 22.4 Å². The largest absolute Gasteiger partial charge is 0.497 e. The molecule has 1 aromatic carbocycles. The van der Waals surface area contributed by atoms with Crippen LogP contribution < -0.4 is 10.5 Å². The number of aromatic nitrogens is 6. The first-order chi connectivity index (χ1) is 15.1. The first-order valence-electron chi connectivity index (χ1n) is 10.3. The van der Waals surface area contributed by atoms with E-state index in [0.717, 1.165) is 36.9 Å². The van der Waals surface area contributed by atoms with Crippen molar-refractivity contribution in [3.63, 3.8) is 0 Å². The van der Waals surface area contributed by atoms with E-state index in [9.17, 15) is 5.11 Å². The van der Waals surface area contributed by atoms with Crippen LogP contribution in [0, 0.1) is 0 Å². The molecule has 9 heteroatoms. The van der Waals surface area contributed by atoms with Gasteiger partial charge in [-0.1, -0.05) is 36.3 Å². The van der Waals surface area contributed by atoms with Gasteiger partial charge in [-0.2, -0.15) is 4.98 Å². The number of ether oxygens (including phenoxy) is 1. The van der Waals surface area contributed by atoms with Gasteiger partial charge in [-0.15, -0.1) is 5.10 Å². The molecular weight excluding hydrogens is 394 g/mol. The smallest absolute Gasteiger partial charge is 0.222 e. The van der Waals surface area contributed by atoms with Crippen LogP contribution in [0.3, 0.4) is 0 Å². The molecule has 9 nitrogen and oxygen atoms in total. The molecule has 0 unspecified atom stereocenters.